The first-order valence-corrected chi connectivity index (χ1v) is 4.64. The summed E-state index contributed by atoms with van der Waals surface area (Å²) >= 11 is 0. The average Bonchev–Trinajstić information content (AvgIpc) is 2.03. The van der Waals surface area contributed by atoms with Crippen LogP contribution in [-0.2, 0) is 4.79 Å². The maximum Gasteiger partial charge on any atom is 0.303 e. The van der Waals surface area contributed by atoms with E-state index in [2.05, 4.69) is 6.92 Å². The maximum absolute atomic E-state index is 10.1. The lowest BCUT2D eigenvalue weighted by Crippen LogP contribution is -2.17. The standard InChI is InChI=1S/C9H19NO2/c1-2-8(10)6-4-3-5-7-9(11)12/h8H,2-7,10H2,1H3,(H,11,12). The van der Waals surface area contributed by atoms with Crippen molar-refractivity contribution in [3.8, 4) is 0 Å². The predicted molar refractivity (Wildman–Crippen MR) is 49.0 cm³/mol. The van der Waals surface area contributed by atoms with Crippen LogP contribution in [0.3, 0.4) is 0 Å². The number of carboxylic acid groups (broad SMARTS) is 1. The van der Waals surface area contributed by atoms with Crippen molar-refractivity contribution < 1.29 is 9.90 Å². The van der Waals surface area contributed by atoms with Crippen LogP contribution in [-0.4, -0.2) is 17.1 Å². The molecule has 3 N–H and O–H groups in total. The molecule has 0 heterocycles. The Morgan fingerprint density at radius 2 is 2.08 bits per heavy atom. The molecule has 1 unspecified atom stereocenters. The van der Waals surface area contributed by atoms with E-state index in [1.807, 2.05) is 0 Å². The van der Waals surface area contributed by atoms with Crippen molar-refractivity contribution in [2.75, 3.05) is 0 Å². The number of nitrogens with two attached hydrogens (primary N) is 1. The Bertz CT molecular complexity index is 126. The fourth-order valence-corrected chi connectivity index (χ4v) is 1.06. The van der Waals surface area contributed by atoms with Gasteiger partial charge in [0, 0.05) is 12.5 Å². The van der Waals surface area contributed by atoms with Crippen LogP contribution in [0.25, 0.3) is 0 Å². The highest BCUT2D eigenvalue weighted by atomic mass is 16.4. The number of carbonyl (C=O) groups is 1. The fraction of sp³-hybridized carbons (Fsp3) is 0.889. The van der Waals surface area contributed by atoms with Crippen molar-refractivity contribution >= 4 is 5.97 Å². The summed E-state index contributed by atoms with van der Waals surface area (Å²) < 4.78 is 0. The van der Waals surface area contributed by atoms with E-state index >= 15 is 0 Å². The molecule has 0 saturated carbocycles. The number of hydrogen-bond acceptors (Lipinski definition) is 2. The molecular weight excluding hydrogens is 154 g/mol. The molecule has 3 nitrogen and oxygen atoms in total. The van der Waals surface area contributed by atoms with Crippen molar-refractivity contribution in [2.24, 2.45) is 5.73 Å². The van der Waals surface area contributed by atoms with Crippen LogP contribution in [0.15, 0.2) is 0 Å². The van der Waals surface area contributed by atoms with E-state index in [1.54, 1.807) is 0 Å². The maximum atomic E-state index is 10.1. The van der Waals surface area contributed by atoms with Crippen LogP contribution in [0.4, 0.5) is 0 Å². The summed E-state index contributed by atoms with van der Waals surface area (Å²) in [6.45, 7) is 2.07. The summed E-state index contributed by atoms with van der Waals surface area (Å²) in [5.41, 5.74) is 5.70. The Hall–Kier alpha value is -0.570. The lowest BCUT2D eigenvalue weighted by Gasteiger charge is -2.06. The smallest absolute Gasteiger partial charge is 0.303 e. The topological polar surface area (TPSA) is 63.3 Å². The van der Waals surface area contributed by atoms with E-state index in [-0.39, 0.29) is 0 Å². The molecule has 0 aliphatic rings. The van der Waals surface area contributed by atoms with Gasteiger partial charge in [0.2, 0.25) is 0 Å². The van der Waals surface area contributed by atoms with Gasteiger partial charge in [-0.25, -0.2) is 0 Å². The molecule has 12 heavy (non-hydrogen) atoms. The minimum absolute atomic E-state index is 0.293. The van der Waals surface area contributed by atoms with Gasteiger partial charge in [-0.2, -0.15) is 0 Å². The molecule has 0 saturated heterocycles. The Morgan fingerprint density at radius 1 is 1.42 bits per heavy atom. The van der Waals surface area contributed by atoms with Crippen LogP contribution < -0.4 is 5.73 Å². The van der Waals surface area contributed by atoms with Crippen molar-refractivity contribution in [3.63, 3.8) is 0 Å². The Balaban J connectivity index is 3.05. The van der Waals surface area contributed by atoms with Crippen molar-refractivity contribution in [1.82, 2.24) is 0 Å². The van der Waals surface area contributed by atoms with Crippen molar-refractivity contribution in [1.29, 1.82) is 0 Å². The number of aliphatic carboxylic acids is 1. The van der Waals surface area contributed by atoms with Crippen LogP contribution in [0, 0.1) is 0 Å². The summed E-state index contributed by atoms with van der Waals surface area (Å²) in [5.74, 6) is -0.699. The van der Waals surface area contributed by atoms with Crippen LogP contribution in [0.2, 0.25) is 0 Å². The largest absolute Gasteiger partial charge is 0.481 e. The first kappa shape index (κ1) is 11.4. The molecule has 0 aliphatic heterocycles. The van der Waals surface area contributed by atoms with Gasteiger partial charge in [0.1, 0.15) is 0 Å². The molecule has 0 radical (unpaired) electrons. The zero-order valence-corrected chi connectivity index (χ0v) is 7.75. The molecule has 0 rings (SSSR count). The molecule has 0 aromatic carbocycles. The molecule has 0 bridgehead atoms. The van der Waals surface area contributed by atoms with Gasteiger partial charge in [-0.1, -0.05) is 19.8 Å². The third kappa shape index (κ3) is 7.54. The van der Waals surface area contributed by atoms with Gasteiger partial charge >= 0.3 is 5.97 Å². The third-order valence-electron chi connectivity index (χ3n) is 1.99. The second-order valence-corrected chi connectivity index (χ2v) is 3.16. The molecule has 0 amide bonds. The minimum Gasteiger partial charge on any atom is -0.481 e. The van der Waals surface area contributed by atoms with E-state index < -0.39 is 5.97 Å². The second-order valence-electron chi connectivity index (χ2n) is 3.16. The van der Waals surface area contributed by atoms with Crippen LogP contribution in [0.5, 0.6) is 0 Å². The summed E-state index contributed by atoms with van der Waals surface area (Å²) in [6.07, 6.45) is 5.16. The second kappa shape index (κ2) is 7.10. The Kier molecular flexibility index (Phi) is 6.76. The van der Waals surface area contributed by atoms with E-state index in [0.29, 0.717) is 12.5 Å². The Labute approximate surface area is 74.0 Å². The molecule has 0 fully saturated rings. The monoisotopic (exact) mass is 173 g/mol. The molecular formula is C9H19NO2. The van der Waals surface area contributed by atoms with Gasteiger partial charge in [-0.05, 0) is 19.3 Å². The van der Waals surface area contributed by atoms with Crippen LogP contribution >= 0.6 is 0 Å². The normalized spacial score (nSPS) is 12.8. The van der Waals surface area contributed by atoms with Gasteiger partial charge in [0.15, 0.2) is 0 Å². The van der Waals surface area contributed by atoms with E-state index in [9.17, 15) is 4.79 Å². The van der Waals surface area contributed by atoms with Gasteiger partial charge in [0.05, 0.1) is 0 Å². The number of rotatable bonds is 7. The lowest BCUT2D eigenvalue weighted by molar-refractivity contribution is -0.137. The van der Waals surface area contributed by atoms with E-state index in [4.69, 9.17) is 10.8 Å². The summed E-state index contributed by atoms with van der Waals surface area (Å²) in [4.78, 5) is 10.1. The number of carboxylic acids is 1. The highest BCUT2D eigenvalue weighted by molar-refractivity contribution is 5.66. The highest BCUT2D eigenvalue weighted by Crippen LogP contribution is 2.06. The zero-order valence-electron chi connectivity index (χ0n) is 7.75. The molecule has 0 spiro atoms. The summed E-state index contributed by atoms with van der Waals surface area (Å²) in [7, 11) is 0. The van der Waals surface area contributed by atoms with Gasteiger partial charge in [0.25, 0.3) is 0 Å². The first-order chi connectivity index (χ1) is 5.66. The van der Waals surface area contributed by atoms with Gasteiger partial charge < -0.3 is 10.8 Å². The SMILES string of the molecule is CCC(N)CCCCCC(=O)O. The van der Waals surface area contributed by atoms with Crippen molar-refractivity contribution in [2.45, 2.75) is 51.5 Å². The van der Waals surface area contributed by atoms with Gasteiger partial charge in [-0.3, -0.25) is 4.79 Å². The molecule has 0 aromatic heterocycles. The molecule has 0 aromatic rings. The molecule has 1 atom stereocenters. The summed E-state index contributed by atoms with van der Waals surface area (Å²) in [6, 6.07) is 0.301. The van der Waals surface area contributed by atoms with Crippen molar-refractivity contribution in [3.05, 3.63) is 0 Å². The first-order valence-electron chi connectivity index (χ1n) is 4.64. The molecule has 72 valence electrons. The molecule has 3 heteroatoms. The molecule has 0 aliphatic carbocycles. The zero-order chi connectivity index (χ0) is 9.40. The summed E-state index contributed by atoms with van der Waals surface area (Å²) in [5, 5.41) is 8.34. The van der Waals surface area contributed by atoms with E-state index in [1.165, 1.54) is 0 Å². The van der Waals surface area contributed by atoms with Gasteiger partial charge in [-0.15, -0.1) is 0 Å². The third-order valence-corrected chi connectivity index (χ3v) is 1.99. The number of unbranched alkanes of at least 4 members (excludes halogenated alkanes) is 2. The lowest BCUT2D eigenvalue weighted by atomic mass is 10.1. The fourth-order valence-electron chi connectivity index (χ4n) is 1.06. The van der Waals surface area contributed by atoms with E-state index in [0.717, 1.165) is 32.1 Å². The average molecular weight is 173 g/mol. The predicted octanol–water partition coefficient (Wildman–Crippen LogP) is 1.76. The van der Waals surface area contributed by atoms with Crippen LogP contribution in [0.1, 0.15) is 45.4 Å². The Morgan fingerprint density at radius 3 is 2.58 bits per heavy atom. The minimum atomic E-state index is -0.699. The number of hydrogen-bond donors (Lipinski definition) is 2. The highest BCUT2D eigenvalue weighted by Gasteiger charge is 1.99. The quantitative estimate of drug-likeness (QED) is 0.576.